The first kappa shape index (κ1) is 25.9. The number of aromatic nitrogens is 5. The Kier molecular flexibility index (Phi) is 7.55. The molecule has 37 heavy (non-hydrogen) atoms. The van der Waals surface area contributed by atoms with Crippen molar-refractivity contribution in [2.24, 2.45) is 10.7 Å². The maximum absolute atomic E-state index is 15.4. The van der Waals surface area contributed by atoms with E-state index in [4.69, 9.17) is 10.3 Å². The molecule has 1 aromatic carbocycles. The molecule has 0 saturated heterocycles. The molecule has 0 saturated carbocycles. The summed E-state index contributed by atoms with van der Waals surface area (Å²) in [6.45, 7) is 5.79. The van der Waals surface area contributed by atoms with Crippen LogP contribution in [0.5, 0.6) is 0 Å². The van der Waals surface area contributed by atoms with Gasteiger partial charge in [0.05, 0.1) is 11.6 Å². The van der Waals surface area contributed by atoms with Crippen LogP contribution in [-0.2, 0) is 11.8 Å². The highest BCUT2D eigenvalue weighted by molar-refractivity contribution is 5.92. The van der Waals surface area contributed by atoms with E-state index in [1.165, 1.54) is 12.4 Å². The Bertz CT molecular complexity index is 1340. The van der Waals surface area contributed by atoms with Crippen LogP contribution in [0.1, 0.15) is 73.7 Å². The monoisotopic (exact) mass is 507 g/mol. The van der Waals surface area contributed by atoms with Crippen molar-refractivity contribution in [3.8, 4) is 11.4 Å². The Labute approximate surface area is 213 Å². The fourth-order valence-corrected chi connectivity index (χ4v) is 3.95. The topological polar surface area (TPSA) is 157 Å². The van der Waals surface area contributed by atoms with E-state index in [-0.39, 0.29) is 34.5 Å². The molecule has 0 fully saturated rings. The summed E-state index contributed by atoms with van der Waals surface area (Å²) >= 11 is 0. The van der Waals surface area contributed by atoms with Crippen molar-refractivity contribution < 1.29 is 13.7 Å². The van der Waals surface area contributed by atoms with Crippen molar-refractivity contribution in [2.45, 2.75) is 57.9 Å². The lowest BCUT2D eigenvalue weighted by molar-refractivity contribution is 0.0890. The van der Waals surface area contributed by atoms with Gasteiger partial charge in [0.2, 0.25) is 0 Å². The largest absolute Gasteiger partial charge is 0.394 e. The van der Waals surface area contributed by atoms with Crippen LogP contribution in [0.25, 0.3) is 11.4 Å². The van der Waals surface area contributed by atoms with Crippen LogP contribution in [-0.4, -0.2) is 43.9 Å². The van der Waals surface area contributed by atoms with Crippen molar-refractivity contribution in [3.05, 3.63) is 59.4 Å². The van der Waals surface area contributed by atoms with Gasteiger partial charge in [0, 0.05) is 12.5 Å². The van der Waals surface area contributed by atoms with E-state index >= 15 is 4.39 Å². The molecule has 1 amide bonds. The molecule has 3 aromatic rings. The molecule has 0 aliphatic heterocycles. The Morgan fingerprint density at radius 1 is 1.24 bits per heavy atom. The molecule has 1 unspecified atom stereocenters. The predicted molar refractivity (Wildman–Crippen MR) is 135 cm³/mol. The molecule has 1 aliphatic carbocycles. The summed E-state index contributed by atoms with van der Waals surface area (Å²) in [5, 5.41) is 9.67. The lowest BCUT2D eigenvalue weighted by Crippen LogP contribution is -2.29. The minimum absolute atomic E-state index is 0.0666. The van der Waals surface area contributed by atoms with Crippen LogP contribution in [0.3, 0.4) is 0 Å². The van der Waals surface area contributed by atoms with E-state index in [1.807, 2.05) is 20.8 Å². The van der Waals surface area contributed by atoms with Crippen LogP contribution < -0.4 is 16.4 Å². The highest BCUT2D eigenvalue weighted by Gasteiger charge is 2.28. The van der Waals surface area contributed by atoms with Gasteiger partial charge in [-0.1, -0.05) is 32.3 Å². The number of benzene rings is 1. The van der Waals surface area contributed by atoms with Crippen LogP contribution in [0.15, 0.2) is 40.3 Å². The number of aliphatic imine (C=N–C) groups is 1. The van der Waals surface area contributed by atoms with Gasteiger partial charge in [-0.3, -0.25) is 4.79 Å². The number of nitrogens with one attached hydrogen (secondary N) is 2. The van der Waals surface area contributed by atoms with Gasteiger partial charge >= 0.3 is 11.8 Å². The Hall–Kier alpha value is -4.22. The fourth-order valence-electron chi connectivity index (χ4n) is 3.95. The van der Waals surface area contributed by atoms with Gasteiger partial charge in [-0.2, -0.15) is 19.9 Å². The zero-order valence-electron chi connectivity index (χ0n) is 21.2. The van der Waals surface area contributed by atoms with Crippen molar-refractivity contribution in [2.75, 3.05) is 7.05 Å². The number of nitrogens with zero attached hydrogens (tertiary/aromatic N) is 6. The maximum Gasteiger partial charge on any atom is 0.315 e. The minimum atomic E-state index is -0.517. The molecule has 1 aliphatic rings. The number of hydrogen-bond donors (Lipinski definition) is 3. The summed E-state index contributed by atoms with van der Waals surface area (Å²) < 4.78 is 20.6. The molecular formula is C25H30FN9O2. The standard InChI is InChI=1S/C25H30FN9O2/c1-25(2,3)23-34-22(37-35-23)21(36)31-18-8-6-5-7-14-11-16(17(26)12-15(14)18)20-29-13-30-24(33-20)32-19(27)9-10-28-4/h9-13,18,28H,5-8H2,1-4H3,(H,31,36)(H2,27,29,30,32,33)/b10-9-. The lowest BCUT2D eigenvalue weighted by atomic mass is 9.95. The van der Waals surface area contributed by atoms with E-state index in [1.54, 1.807) is 25.4 Å². The average Bonchev–Trinajstić information content (AvgIpc) is 3.29. The summed E-state index contributed by atoms with van der Waals surface area (Å²) in [5.41, 5.74) is 7.31. The van der Waals surface area contributed by atoms with Gasteiger partial charge in [-0.05, 0) is 54.8 Å². The van der Waals surface area contributed by atoms with Gasteiger partial charge in [-0.15, -0.1) is 0 Å². The quantitative estimate of drug-likeness (QED) is 0.259. The minimum Gasteiger partial charge on any atom is -0.394 e. The molecule has 0 radical (unpaired) electrons. The van der Waals surface area contributed by atoms with Crippen LogP contribution in [0.4, 0.5) is 10.3 Å². The number of carbonyl (C=O) groups excluding carboxylic acids is 1. The summed E-state index contributed by atoms with van der Waals surface area (Å²) in [5.74, 6) is -0.289. The van der Waals surface area contributed by atoms with Crippen molar-refractivity contribution >= 4 is 17.7 Å². The second-order valence-corrected chi connectivity index (χ2v) is 9.74. The molecule has 0 spiro atoms. The second kappa shape index (κ2) is 10.8. The number of aryl methyl sites for hydroxylation is 1. The van der Waals surface area contributed by atoms with Gasteiger partial charge in [0.25, 0.3) is 5.95 Å². The molecular weight excluding hydrogens is 477 g/mol. The number of fused-ring (bicyclic) bond motifs is 1. The lowest BCUT2D eigenvalue weighted by Gasteiger charge is -2.19. The number of amides is 1. The van der Waals surface area contributed by atoms with E-state index < -0.39 is 17.8 Å². The molecule has 11 nitrogen and oxygen atoms in total. The Morgan fingerprint density at radius 2 is 2.05 bits per heavy atom. The summed E-state index contributed by atoms with van der Waals surface area (Å²) in [6.07, 6.45) is 7.56. The predicted octanol–water partition coefficient (Wildman–Crippen LogP) is 3.28. The van der Waals surface area contributed by atoms with E-state index in [9.17, 15) is 4.79 Å². The normalized spacial score (nSPS) is 16.4. The van der Waals surface area contributed by atoms with E-state index in [2.05, 4.69) is 40.7 Å². The highest BCUT2D eigenvalue weighted by Crippen LogP contribution is 2.33. The fraction of sp³-hybridized carbons (Fsp3) is 0.400. The van der Waals surface area contributed by atoms with Crippen molar-refractivity contribution in [3.63, 3.8) is 0 Å². The first-order chi connectivity index (χ1) is 17.7. The number of carbonyl (C=O) groups is 1. The van der Waals surface area contributed by atoms with E-state index in [0.717, 1.165) is 24.8 Å². The van der Waals surface area contributed by atoms with Crippen LogP contribution in [0, 0.1) is 5.82 Å². The third-order valence-corrected chi connectivity index (χ3v) is 5.84. The first-order valence-corrected chi connectivity index (χ1v) is 12.0. The smallest absolute Gasteiger partial charge is 0.315 e. The zero-order valence-corrected chi connectivity index (χ0v) is 21.2. The second-order valence-electron chi connectivity index (χ2n) is 9.74. The third-order valence-electron chi connectivity index (χ3n) is 5.84. The molecule has 2 aromatic heterocycles. The number of amidine groups is 1. The average molecular weight is 508 g/mol. The van der Waals surface area contributed by atoms with Gasteiger partial charge in [-0.25, -0.2) is 9.37 Å². The summed E-state index contributed by atoms with van der Waals surface area (Å²) in [6, 6.07) is 2.76. The van der Waals surface area contributed by atoms with Gasteiger partial charge in [0.1, 0.15) is 18.0 Å². The third kappa shape index (κ3) is 6.13. The SMILES string of the molecule is CN/C=C\C(N)=Nc1ncnc(-c2cc3c(cc2F)C(NC(=O)c2nc(C(C)(C)C)no2)CCCC3)n1. The number of rotatable bonds is 6. The molecule has 194 valence electrons. The molecule has 1 atom stereocenters. The molecule has 12 heteroatoms. The van der Waals surface area contributed by atoms with Crippen LogP contribution in [0.2, 0.25) is 0 Å². The summed E-state index contributed by atoms with van der Waals surface area (Å²) in [4.78, 5) is 33.6. The van der Waals surface area contributed by atoms with E-state index in [0.29, 0.717) is 17.8 Å². The number of hydrogen-bond acceptors (Lipinski definition) is 9. The Morgan fingerprint density at radius 3 is 2.78 bits per heavy atom. The number of nitrogens with two attached hydrogens (primary N) is 1. The van der Waals surface area contributed by atoms with Crippen molar-refractivity contribution in [1.82, 2.24) is 35.7 Å². The first-order valence-electron chi connectivity index (χ1n) is 12.0. The van der Waals surface area contributed by atoms with Gasteiger partial charge in [0.15, 0.2) is 11.6 Å². The zero-order chi connectivity index (χ0) is 26.6. The molecule has 2 heterocycles. The summed E-state index contributed by atoms with van der Waals surface area (Å²) in [7, 11) is 1.73. The molecule has 4 rings (SSSR count). The maximum atomic E-state index is 15.4. The highest BCUT2D eigenvalue weighted by atomic mass is 19.1. The Balaban J connectivity index is 1.61. The van der Waals surface area contributed by atoms with Crippen LogP contribution >= 0.6 is 0 Å². The molecule has 0 bridgehead atoms. The van der Waals surface area contributed by atoms with Crippen molar-refractivity contribution in [1.29, 1.82) is 0 Å². The molecule has 4 N–H and O–H groups in total. The number of halogens is 1. The van der Waals surface area contributed by atoms with Gasteiger partial charge < -0.3 is 20.9 Å².